The second-order valence-electron chi connectivity index (χ2n) is 28.4. The quantitative estimate of drug-likeness (QED) is 0.0351. The summed E-state index contributed by atoms with van der Waals surface area (Å²) in [6, 6.07) is 39.5. The Kier molecular flexibility index (Phi) is 21.4. The molecule has 0 radical (unpaired) electrons. The zero-order valence-corrected chi connectivity index (χ0v) is 60.2. The number of fused-ring (bicyclic) bond motifs is 8. The molecule has 1 aliphatic carbocycles. The van der Waals surface area contributed by atoms with Gasteiger partial charge in [-0.1, -0.05) is 116 Å². The second kappa shape index (κ2) is 31.5. The van der Waals surface area contributed by atoms with Crippen LogP contribution in [0.3, 0.4) is 0 Å². The van der Waals surface area contributed by atoms with Gasteiger partial charge >= 0.3 is 0 Å². The Hall–Kier alpha value is -11.6. The summed E-state index contributed by atoms with van der Waals surface area (Å²) in [5.41, 5.74) is 18.4. The minimum absolute atomic E-state index is 0.303. The Bertz CT molecular complexity index is 5440. The number of H-pyrrole nitrogens is 4. The minimum atomic E-state index is 0.303. The predicted molar refractivity (Wildman–Crippen MR) is 410 cm³/mol. The third kappa shape index (κ3) is 16.8. The highest BCUT2D eigenvalue weighted by atomic mass is 16.5. The summed E-state index contributed by atoms with van der Waals surface area (Å²) in [6.07, 6.45) is 21.8. The molecule has 530 valence electrons. The Morgan fingerprint density at radius 1 is 0.437 bits per heavy atom. The van der Waals surface area contributed by atoms with Crippen LogP contribution in [0.5, 0.6) is 0 Å². The van der Waals surface area contributed by atoms with Crippen molar-refractivity contribution in [2.45, 2.75) is 153 Å². The lowest BCUT2D eigenvalue weighted by molar-refractivity contribution is 0.246. The van der Waals surface area contributed by atoms with Crippen LogP contribution in [-0.2, 0) is 25.7 Å². The number of hydrogen-bond acceptors (Lipinski definition) is 20. The monoisotopic (exact) mass is 1380 g/mol. The highest BCUT2D eigenvalue weighted by molar-refractivity contribution is 5.93. The molecule has 0 saturated heterocycles. The van der Waals surface area contributed by atoms with E-state index in [1.54, 1.807) is 24.8 Å². The maximum Gasteiger partial charge on any atom is 0.178 e. The van der Waals surface area contributed by atoms with Gasteiger partial charge in [0, 0.05) is 93.3 Å². The van der Waals surface area contributed by atoms with E-state index in [1.165, 1.54) is 32.1 Å². The first-order valence-electron chi connectivity index (χ1n) is 35.9. The molecule has 12 heterocycles. The van der Waals surface area contributed by atoms with E-state index in [9.17, 15) is 0 Å². The van der Waals surface area contributed by atoms with Crippen molar-refractivity contribution in [3.05, 3.63) is 169 Å². The molecule has 1 saturated carbocycles. The number of anilines is 8. The lowest BCUT2D eigenvalue weighted by Gasteiger charge is -2.26. The fourth-order valence-corrected chi connectivity index (χ4v) is 12.3. The first kappa shape index (κ1) is 69.9. The normalized spacial score (nSPS) is 12.8. The van der Waals surface area contributed by atoms with Crippen LogP contribution in [0, 0.1) is 22.7 Å². The molecule has 4 aromatic carbocycles. The van der Waals surface area contributed by atoms with Gasteiger partial charge < -0.3 is 39.4 Å². The van der Waals surface area contributed by atoms with Gasteiger partial charge in [-0.2, -0.15) is 20.4 Å². The fourth-order valence-electron chi connectivity index (χ4n) is 12.3. The summed E-state index contributed by atoms with van der Waals surface area (Å²) < 4.78 is 22.1. The number of aromatic amines is 4. The molecule has 16 aromatic rings. The predicted octanol–water partition coefficient (Wildman–Crippen LogP) is 20.5. The van der Waals surface area contributed by atoms with Crippen LogP contribution in [0.25, 0.3) is 88.0 Å². The molecule has 103 heavy (non-hydrogen) atoms. The lowest BCUT2D eigenvalue weighted by atomic mass is 9.79. The number of rotatable bonds is 20. The Labute approximate surface area is 596 Å². The van der Waals surface area contributed by atoms with E-state index in [0.717, 1.165) is 191 Å². The summed E-state index contributed by atoms with van der Waals surface area (Å²) in [5.74, 6) is 4.30. The van der Waals surface area contributed by atoms with Crippen molar-refractivity contribution in [2.24, 2.45) is 22.7 Å². The van der Waals surface area contributed by atoms with Gasteiger partial charge in [-0.05, 0) is 178 Å². The Morgan fingerprint density at radius 2 is 0.767 bits per heavy atom. The Balaban J connectivity index is 0.000000121. The molecule has 1 atom stereocenters. The molecule has 0 bridgehead atoms. The molecular formula is C79H90N20O4. The topological polar surface area (TPSA) is 319 Å². The van der Waals surface area contributed by atoms with Gasteiger partial charge in [0.25, 0.3) is 0 Å². The van der Waals surface area contributed by atoms with Crippen LogP contribution in [0.15, 0.2) is 164 Å². The zero-order chi connectivity index (χ0) is 71.5. The van der Waals surface area contributed by atoms with Crippen molar-refractivity contribution in [2.75, 3.05) is 21.3 Å². The Morgan fingerprint density at radius 3 is 1.08 bits per heavy atom. The summed E-state index contributed by atoms with van der Waals surface area (Å²) in [4.78, 5) is 17.4. The average molecular weight is 1380 g/mol. The molecule has 8 N–H and O–H groups in total. The third-order valence-corrected chi connectivity index (χ3v) is 18.9. The number of benzene rings is 4. The van der Waals surface area contributed by atoms with Gasteiger partial charge in [0.2, 0.25) is 0 Å². The van der Waals surface area contributed by atoms with E-state index in [4.69, 9.17) is 18.1 Å². The zero-order valence-electron chi connectivity index (χ0n) is 60.2. The smallest absolute Gasteiger partial charge is 0.178 e. The molecule has 24 nitrogen and oxygen atoms in total. The molecule has 0 unspecified atom stereocenters. The number of aryl methyl sites for hydroxylation is 4. The van der Waals surface area contributed by atoms with E-state index in [0.29, 0.717) is 40.0 Å². The van der Waals surface area contributed by atoms with Crippen molar-refractivity contribution in [3.8, 4) is 0 Å². The summed E-state index contributed by atoms with van der Waals surface area (Å²) >= 11 is 0. The van der Waals surface area contributed by atoms with E-state index in [1.807, 2.05) is 117 Å². The van der Waals surface area contributed by atoms with Crippen molar-refractivity contribution >= 4 is 134 Å². The largest absolute Gasteiger partial charge is 0.356 e. The van der Waals surface area contributed by atoms with Gasteiger partial charge in [-0.15, -0.1) is 0 Å². The number of aromatic nitrogens is 16. The summed E-state index contributed by atoms with van der Waals surface area (Å²) in [5, 5.41) is 63.6. The van der Waals surface area contributed by atoms with Crippen LogP contribution in [0.4, 0.5) is 46.0 Å². The number of nitrogens with zero attached hydrogens (tertiary/aromatic N) is 12. The van der Waals surface area contributed by atoms with Crippen LogP contribution in [-0.4, -0.2) is 81.4 Å². The van der Waals surface area contributed by atoms with Gasteiger partial charge in [0.1, 0.15) is 22.1 Å². The van der Waals surface area contributed by atoms with Crippen molar-refractivity contribution in [1.29, 1.82) is 0 Å². The van der Waals surface area contributed by atoms with Gasteiger partial charge in [-0.25, -0.2) is 0 Å². The highest BCUT2D eigenvalue weighted by Gasteiger charge is 2.23. The number of nitrogens with one attached hydrogen (secondary N) is 8. The molecule has 12 aromatic heterocycles. The average Bonchev–Trinajstić information content (AvgIpc) is 1.69. The van der Waals surface area contributed by atoms with Crippen LogP contribution < -0.4 is 21.3 Å². The molecule has 1 aliphatic rings. The SMILES string of the molecule is CC.CC(C)(C)CCCc1noc2cc(Nc3n[nH]c4cccnc34)ccc12.CCCCc1noc2cc(Nc3n[nH]c4cccnc34)ccc12.C[C@@H](CCc1noc2cc(Nc3n[nH]c4cccnc34)ccc12)C(C)(C)C.c1cnc2c(Nc3ccc4c(CCC5CCC5)noc4c3)n[nH]c2c1. The summed E-state index contributed by atoms with van der Waals surface area (Å²) in [7, 11) is 0. The molecule has 0 amide bonds. The van der Waals surface area contributed by atoms with Gasteiger partial charge in [0.15, 0.2) is 45.6 Å². The highest BCUT2D eigenvalue weighted by Crippen LogP contribution is 2.36. The maximum atomic E-state index is 5.58. The van der Waals surface area contributed by atoms with E-state index >= 15 is 0 Å². The van der Waals surface area contributed by atoms with Crippen molar-refractivity contribution in [3.63, 3.8) is 0 Å². The minimum Gasteiger partial charge on any atom is -0.356 e. The van der Waals surface area contributed by atoms with Crippen LogP contribution >= 0.6 is 0 Å². The number of pyridine rings is 4. The van der Waals surface area contributed by atoms with Crippen LogP contribution in [0.2, 0.25) is 0 Å². The molecule has 0 aliphatic heterocycles. The second-order valence-corrected chi connectivity index (χ2v) is 28.4. The fraction of sp³-hybridized carbons (Fsp3) is 0.342. The molecular weight excluding hydrogens is 1290 g/mol. The van der Waals surface area contributed by atoms with E-state index < -0.39 is 0 Å². The molecule has 1 fully saturated rings. The number of unbranched alkanes of at least 4 members (excludes halogenated alkanes) is 1. The van der Waals surface area contributed by atoms with Crippen molar-refractivity contribution in [1.82, 2.24) is 81.4 Å². The van der Waals surface area contributed by atoms with Crippen molar-refractivity contribution < 1.29 is 18.1 Å². The molecule has 17 rings (SSSR count). The van der Waals surface area contributed by atoms with Gasteiger partial charge in [0.05, 0.1) is 44.8 Å². The lowest BCUT2D eigenvalue weighted by Crippen LogP contribution is -2.17. The number of hydrogen-bond donors (Lipinski definition) is 8. The maximum absolute atomic E-state index is 5.58. The summed E-state index contributed by atoms with van der Waals surface area (Å²) in [6.45, 7) is 22.1. The van der Waals surface area contributed by atoms with E-state index in [-0.39, 0.29) is 0 Å². The first-order valence-corrected chi connectivity index (χ1v) is 35.9. The molecule has 0 spiro atoms. The first-order chi connectivity index (χ1) is 50.1. The van der Waals surface area contributed by atoms with E-state index in [2.05, 4.69) is 176 Å². The standard InChI is InChI=1S/C21H25N5O.C20H23N5O.C19H19N5O.C17H17N5O.C2H6/c1-13(21(2,3)4)7-10-16-15-9-8-14(12-18(15)27-26-16)23-20-19-17(24-25-20)6-5-11-22-19;1-20(2,3)10-4-6-15-14-9-8-13(12-17(14)26-25-15)22-19-18-16(23-24-19)7-5-11-21-18;1-3-12(4-1)6-9-15-14-8-7-13(11-17(14)25-24-15)21-19-18-16(22-23-19)5-2-10-20-18;1-2-3-5-13-12-8-7-11(10-15(12)23-22-13)19-17-16-14(20-21-17)6-4-9-18-16;1-2/h5-6,8-9,11-13H,7,10H2,1-4H3,(H2,23,24,25);5,7-9,11-12H,4,6,10H2,1-3H3,(H2,22,23,24);2,5,7-8,10-12H,1,3-4,6,9H2,(H2,21,22,23);4,6-10H,2-3,5H2,1H3,(H2,19,20,21);1-2H3/t13-;;;;/m0..../s1. The molecule has 24 heteroatoms. The third-order valence-electron chi connectivity index (χ3n) is 18.9. The van der Waals surface area contributed by atoms with Crippen LogP contribution in [0.1, 0.15) is 150 Å². The van der Waals surface area contributed by atoms with Gasteiger partial charge in [-0.3, -0.25) is 40.3 Å².